The number of nitrogens with one attached hydrogen (secondary N) is 1. The van der Waals surface area contributed by atoms with Crippen molar-refractivity contribution in [3.63, 3.8) is 0 Å². The van der Waals surface area contributed by atoms with E-state index in [9.17, 15) is 14.4 Å². The Morgan fingerprint density at radius 3 is 2.32 bits per heavy atom. The summed E-state index contributed by atoms with van der Waals surface area (Å²) in [5.41, 5.74) is 1.37. The van der Waals surface area contributed by atoms with Gasteiger partial charge in [-0.15, -0.1) is 0 Å². The molecule has 0 aliphatic carbocycles. The highest BCUT2D eigenvalue weighted by Gasteiger charge is 2.36. The smallest absolute Gasteiger partial charge is 0.335 e. The Bertz CT molecular complexity index is 1410. The van der Waals surface area contributed by atoms with Crippen molar-refractivity contribution in [3.05, 3.63) is 92.4 Å². The van der Waals surface area contributed by atoms with Gasteiger partial charge in [-0.05, 0) is 72.2 Å². The first kappa shape index (κ1) is 27.5. The molecule has 38 heavy (non-hydrogen) atoms. The number of rotatable bonds is 9. The summed E-state index contributed by atoms with van der Waals surface area (Å²) in [6, 6.07) is 15.7. The van der Waals surface area contributed by atoms with Gasteiger partial charge in [-0.3, -0.25) is 14.9 Å². The van der Waals surface area contributed by atoms with Crippen molar-refractivity contribution in [1.29, 1.82) is 0 Å². The molecule has 7 nitrogen and oxygen atoms in total. The summed E-state index contributed by atoms with van der Waals surface area (Å²) in [4.78, 5) is 39.1. The lowest BCUT2D eigenvalue weighted by Gasteiger charge is -2.26. The first-order valence-electron chi connectivity index (χ1n) is 11.8. The second kappa shape index (κ2) is 12.3. The molecule has 1 saturated heterocycles. The highest BCUT2D eigenvalue weighted by molar-refractivity contribution is 6.42. The van der Waals surface area contributed by atoms with Crippen molar-refractivity contribution >= 4 is 64.4 Å². The number of anilines is 1. The third-order valence-electron chi connectivity index (χ3n) is 5.61. The highest BCUT2D eigenvalue weighted by atomic mass is 35.5. The molecule has 0 bridgehead atoms. The molecule has 0 atom stereocenters. The van der Waals surface area contributed by atoms with Gasteiger partial charge < -0.3 is 9.47 Å². The average Bonchev–Trinajstić information content (AvgIpc) is 2.89. The van der Waals surface area contributed by atoms with E-state index in [4.69, 9.17) is 44.3 Å². The van der Waals surface area contributed by atoms with Gasteiger partial charge in [0.1, 0.15) is 23.7 Å². The summed E-state index contributed by atoms with van der Waals surface area (Å²) in [6.45, 7) is 2.84. The lowest BCUT2D eigenvalue weighted by atomic mass is 10.1. The van der Waals surface area contributed by atoms with Crippen LogP contribution in [-0.2, 0) is 16.2 Å². The summed E-state index contributed by atoms with van der Waals surface area (Å²) in [5.74, 6) is -0.534. The fourth-order valence-corrected chi connectivity index (χ4v) is 4.16. The first-order chi connectivity index (χ1) is 18.3. The number of urea groups is 1. The number of imide groups is 2. The topological polar surface area (TPSA) is 84.9 Å². The van der Waals surface area contributed by atoms with Crippen molar-refractivity contribution in [3.8, 4) is 11.5 Å². The highest BCUT2D eigenvalue weighted by Crippen LogP contribution is 2.30. The van der Waals surface area contributed by atoms with Crippen LogP contribution in [0.1, 0.15) is 30.9 Å². The van der Waals surface area contributed by atoms with Crippen LogP contribution in [0.4, 0.5) is 10.5 Å². The number of hydrogen-bond acceptors (Lipinski definition) is 5. The monoisotopic (exact) mass is 572 g/mol. The van der Waals surface area contributed by atoms with E-state index >= 15 is 0 Å². The number of unbranched alkanes of at least 4 members (excludes halogenated alkanes) is 1. The fourth-order valence-electron chi connectivity index (χ4n) is 3.60. The van der Waals surface area contributed by atoms with Crippen molar-refractivity contribution < 1.29 is 23.9 Å². The van der Waals surface area contributed by atoms with E-state index in [1.165, 1.54) is 6.08 Å². The molecule has 0 radical (unpaired) electrons. The Kier molecular flexibility index (Phi) is 8.94. The van der Waals surface area contributed by atoms with Crippen LogP contribution in [0, 0.1) is 0 Å². The van der Waals surface area contributed by atoms with Crippen molar-refractivity contribution in [2.45, 2.75) is 26.4 Å². The first-order valence-corrected chi connectivity index (χ1v) is 12.9. The fraction of sp³-hybridized carbons (Fsp3) is 0.179. The van der Waals surface area contributed by atoms with Gasteiger partial charge in [0.15, 0.2) is 0 Å². The number of hydrogen-bond donors (Lipinski definition) is 1. The van der Waals surface area contributed by atoms with Gasteiger partial charge in [0.2, 0.25) is 0 Å². The Morgan fingerprint density at radius 2 is 1.63 bits per heavy atom. The number of nitrogens with zero attached hydrogens (tertiary/aromatic N) is 1. The van der Waals surface area contributed by atoms with E-state index in [1.807, 2.05) is 0 Å². The zero-order valence-electron chi connectivity index (χ0n) is 20.3. The third-order valence-corrected chi connectivity index (χ3v) is 6.64. The second-order valence-electron chi connectivity index (χ2n) is 8.38. The maximum atomic E-state index is 13.2. The molecule has 3 aromatic rings. The molecule has 1 aliphatic rings. The van der Waals surface area contributed by atoms with E-state index in [0.29, 0.717) is 39.4 Å². The standard InChI is InChI=1S/C28H23Cl3N2O5/c1-2-3-12-37-20-8-6-19(7-9-20)33-27(35)21(26(34)32-28(33)36)13-17-5-11-25(24(31)14-17)38-16-18-4-10-22(29)23(30)15-18/h4-11,13-15H,2-3,12,16H2,1H3,(H,32,34,36)/b21-13-. The molecular weight excluding hydrogens is 551 g/mol. The van der Waals surface area contributed by atoms with Crippen molar-refractivity contribution in [2.24, 2.45) is 0 Å². The number of amides is 4. The third kappa shape index (κ3) is 6.48. The van der Waals surface area contributed by atoms with Crippen LogP contribution in [0.3, 0.4) is 0 Å². The maximum Gasteiger partial charge on any atom is 0.335 e. The van der Waals surface area contributed by atoms with Crippen molar-refractivity contribution in [2.75, 3.05) is 11.5 Å². The van der Waals surface area contributed by atoms with Gasteiger partial charge >= 0.3 is 6.03 Å². The molecule has 3 aromatic carbocycles. The predicted octanol–water partition coefficient (Wildman–Crippen LogP) is 7.07. The molecule has 4 amide bonds. The normalized spacial score (nSPS) is 14.6. The Hall–Kier alpha value is -3.52. The van der Waals surface area contributed by atoms with E-state index in [-0.39, 0.29) is 17.2 Å². The lowest BCUT2D eigenvalue weighted by molar-refractivity contribution is -0.122. The number of carbonyl (C=O) groups is 3. The van der Waals surface area contributed by atoms with Gasteiger partial charge in [0.25, 0.3) is 11.8 Å². The Morgan fingerprint density at radius 1 is 0.868 bits per heavy atom. The predicted molar refractivity (Wildman–Crippen MR) is 148 cm³/mol. The van der Waals surface area contributed by atoms with E-state index in [1.54, 1.807) is 60.7 Å². The molecule has 10 heteroatoms. The summed E-state index contributed by atoms with van der Waals surface area (Å²) < 4.78 is 11.4. The molecule has 1 aliphatic heterocycles. The summed E-state index contributed by atoms with van der Waals surface area (Å²) in [7, 11) is 0. The van der Waals surface area contributed by atoms with Crippen molar-refractivity contribution in [1.82, 2.24) is 5.32 Å². The van der Waals surface area contributed by atoms with Crippen LogP contribution in [0.25, 0.3) is 6.08 Å². The van der Waals surface area contributed by atoms with Gasteiger partial charge in [0.05, 0.1) is 27.4 Å². The van der Waals surface area contributed by atoms with Gasteiger partial charge in [-0.1, -0.05) is 60.3 Å². The van der Waals surface area contributed by atoms with Gasteiger partial charge in [-0.25, -0.2) is 9.69 Å². The van der Waals surface area contributed by atoms with Crippen LogP contribution < -0.4 is 19.7 Å². The number of barbiturate groups is 1. The minimum atomic E-state index is -0.833. The van der Waals surface area contributed by atoms with Crippen LogP contribution >= 0.6 is 34.8 Å². The molecule has 1 fully saturated rings. The molecule has 0 aromatic heterocycles. The van der Waals surface area contributed by atoms with Crippen LogP contribution in [0.5, 0.6) is 11.5 Å². The summed E-state index contributed by atoms with van der Waals surface area (Å²) in [6.07, 6.45) is 3.29. The zero-order valence-corrected chi connectivity index (χ0v) is 22.6. The molecule has 196 valence electrons. The Labute approximate surface area is 234 Å². The van der Waals surface area contributed by atoms with Crippen LogP contribution in [0.15, 0.2) is 66.2 Å². The van der Waals surface area contributed by atoms with Gasteiger partial charge in [0, 0.05) is 0 Å². The average molecular weight is 574 g/mol. The summed E-state index contributed by atoms with van der Waals surface area (Å²) >= 11 is 18.4. The molecule has 0 saturated carbocycles. The molecule has 1 N–H and O–H groups in total. The molecule has 4 rings (SSSR count). The minimum Gasteiger partial charge on any atom is -0.494 e. The minimum absolute atomic E-state index is 0.206. The number of carbonyl (C=O) groups excluding carboxylic acids is 3. The lowest BCUT2D eigenvalue weighted by Crippen LogP contribution is -2.54. The van der Waals surface area contributed by atoms with E-state index in [2.05, 4.69) is 12.2 Å². The maximum absolute atomic E-state index is 13.2. The Balaban J connectivity index is 1.50. The molecule has 1 heterocycles. The quantitative estimate of drug-likeness (QED) is 0.168. The van der Waals surface area contributed by atoms with Crippen LogP contribution in [0.2, 0.25) is 15.1 Å². The number of ether oxygens (including phenoxy) is 2. The van der Waals surface area contributed by atoms with Crippen LogP contribution in [-0.4, -0.2) is 24.5 Å². The molecular formula is C28H23Cl3N2O5. The summed E-state index contributed by atoms with van der Waals surface area (Å²) in [5, 5.41) is 3.34. The van der Waals surface area contributed by atoms with E-state index in [0.717, 1.165) is 23.3 Å². The molecule has 0 spiro atoms. The van der Waals surface area contributed by atoms with Gasteiger partial charge in [-0.2, -0.15) is 0 Å². The number of halogens is 3. The SMILES string of the molecule is CCCCOc1ccc(N2C(=O)NC(=O)/C(=C/c3ccc(OCc4ccc(Cl)c(Cl)c4)c(Cl)c3)C2=O)cc1. The zero-order chi connectivity index (χ0) is 27.2. The second-order valence-corrected chi connectivity index (χ2v) is 9.60. The van der Waals surface area contributed by atoms with E-state index < -0.39 is 17.8 Å². The largest absolute Gasteiger partial charge is 0.494 e. The number of benzene rings is 3. The molecule has 0 unspecified atom stereocenters.